The summed E-state index contributed by atoms with van der Waals surface area (Å²) in [5, 5.41) is 8.72. The maximum atomic E-state index is 13.2. The largest absolute Gasteiger partial charge is 0.481 e. The van der Waals surface area contributed by atoms with E-state index in [0.29, 0.717) is 13.0 Å². The first kappa shape index (κ1) is 19.2. The van der Waals surface area contributed by atoms with Gasteiger partial charge in [0.1, 0.15) is 5.82 Å². The first-order valence-electron chi connectivity index (χ1n) is 7.07. The maximum absolute atomic E-state index is 13.2. The van der Waals surface area contributed by atoms with E-state index >= 15 is 0 Å². The van der Waals surface area contributed by atoms with Crippen molar-refractivity contribution < 1.29 is 19.0 Å². The minimum Gasteiger partial charge on any atom is -0.481 e. The van der Waals surface area contributed by atoms with Crippen LogP contribution in [0.1, 0.15) is 30.9 Å². The van der Waals surface area contributed by atoms with E-state index in [9.17, 15) is 9.18 Å². The monoisotopic (exact) mass is 351 g/mol. The van der Waals surface area contributed by atoms with Crippen LogP contribution in [0.15, 0.2) is 18.2 Å². The molecule has 1 N–H and O–H groups in total. The standard InChI is InChI=1S/C15H19ClFNO3.ClH/c16-12-9-11(4-5-13(12)17)14-10-18(7-8-21-14)6-2-1-3-15(19)20;/h4-5,9,14H,1-3,6-8,10H2,(H,19,20);1H. The Bertz CT molecular complexity index is 502. The Hall–Kier alpha value is -0.880. The van der Waals surface area contributed by atoms with Crippen LogP contribution in [0.4, 0.5) is 4.39 Å². The number of hydrogen-bond acceptors (Lipinski definition) is 3. The molecule has 0 aliphatic carbocycles. The Balaban J connectivity index is 0.00000242. The summed E-state index contributed by atoms with van der Waals surface area (Å²) < 4.78 is 18.9. The van der Waals surface area contributed by atoms with E-state index in [1.165, 1.54) is 6.07 Å². The van der Waals surface area contributed by atoms with Gasteiger partial charge < -0.3 is 9.84 Å². The van der Waals surface area contributed by atoms with E-state index in [1.807, 2.05) is 0 Å². The molecule has 0 aromatic heterocycles. The van der Waals surface area contributed by atoms with Gasteiger partial charge in [0, 0.05) is 19.5 Å². The van der Waals surface area contributed by atoms with Crippen LogP contribution in [-0.4, -0.2) is 42.2 Å². The highest BCUT2D eigenvalue weighted by Crippen LogP contribution is 2.26. The number of benzene rings is 1. The fourth-order valence-corrected chi connectivity index (χ4v) is 2.62. The summed E-state index contributed by atoms with van der Waals surface area (Å²) in [6, 6.07) is 4.65. The van der Waals surface area contributed by atoms with Crippen LogP contribution in [0.5, 0.6) is 0 Å². The first-order chi connectivity index (χ1) is 10.1. The Kier molecular flexibility index (Phi) is 8.10. The molecule has 0 saturated carbocycles. The number of carboxylic acids is 1. The number of ether oxygens (including phenoxy) is 1. The molecule has 0 bridgehead atoms. The normalized spacial score (nSPS) is 18.7. The van der Waals surface area contributed by atoms with Crippen LogP contribution in [0, 0.1) is 5.82 Å². The predicted molar refractivity (Wildman–Crippen MR) is 85.3 cm³/mol. The zero-order chi connectivity index (χ0) is 15.2. The molecule has 1 aliphatic heterocycles. The van der Waals surface area contributed by atoms with Crippen molar-refractivity contribution in [1.82, 2.24) is 4.90 Å². The van der Waals surface area contributed by atoms with E-state index in [4.69, 9.17) is 21.4 Å². The Labute approximate surface area is 140 Å². The van der Waals surface area contributed by atoms with E-state index in [-0.39, 0.29) is 30.0 Å². The maximum Gasteiger partial charge on any atom is 0.303 e. The molecule has 0 radical (unpaired) electrons. The van der Waals surface area contributed by atoms with Gasteiger partial charge in [-0.2, -0.15) is 0 Å². The lowest BCUT2D eigenvalue weighted by molar-refractivity contribution is -0.137. The van der Waals surface area contributed by atoms with Crippen LogP contribution >= 0.6 is 24.0 Å². The van der Waals surface area contributed by atoms with Gasteiger partial charge in [-0.15, -0.1) is 12.4 Å². The lowest BCUT2D eigenvalue weighted by Crippen LogP contribution is -2.38. The molecule has 1 aromatic carbocycles. The molecule has 22 heavy (non-hydrogen) atoms. The summed E-state index contributed by atoms with van der Waals surface area (Å²) in [5.74, 6) is -1.18. The zero-order valence-electron chi connectivity index (χ0n) is 12.1. The number of morpholine rings is 1. The molecule has 1 heterocycles. The van der Waals surface area contributed by atoms with Crippen molar-refractivity contribution >= 4 is 30.0 Å². The van der Waals surface area contributed by atoms with Gasteiger partial charge in [-0.25, -0.2) is 4.39 Å². The number of unbranched alkanes of at least 4 members (excludes halogenated alkanes) is 1. The van der Waals surface area contributed by atoms with Crippen molar-refractivity contribution in [2.24, 2.45) is 0 Å². The van der Waals surface area contributed by atoms with Crippen LogP contribution in [0.2, 0.25) is 5.02 Å². The fraction of sp³-hybridized carbons (Fsp3) is 0.533. The molecule has 7 heteroatoms. The molecule has 124 valence electrons. The summed E-state index contributed by atoms with van der Waals surface area (Å²) in [4.78, 5) is 12.7. The molecule has 1 saturated heterocycles. The summed E-state index contributed by atoms with van der Waals surface area (Å²) in [5.41, 5.74) is 0.872. The number of rotatable bonds is 6. The average molecular weight is 352 g/mol. The second kappa shape index (κ2) is 9.30. The van der Waals surface area contributed by atoms with Gasteiger partial charge in [0.05, 0.1) is 17.7 Å². The van der Waals surface area contributed by atoms with Crippen LogP contribution in [0.25, 0.3) is 0 Å². The van der Waals surface area contributed by atoms with Gasteiger partial charge in [0.15, 0.2) is 0 Å². The van der Waals surface area contributed by atoms with Crippen molar-refractivity contribution in [3.63, 3.8) is 0 Å². The van der Waals surface area contributed by atoms with Crippen molar-refractivity contribution in [3.8, 4) is 0 Å². The molecule has 1 aromatic rings. The van der Waals surface area contributed by atoms with Gasteiger partial charge >= 0.3 is 5.97 Å². The SMILES string of the molecule is Cl.O=C(O)CCCCN1CCOC(c2ccc(F)c(Cl)c2)C1. The predicted octanol–water partition coefficient (Wildman–Crippen LogP) is 3.53. The Morgan fingerprint density at radius 1 is 1.45 bits per heavy atom. The number of aliphatic carboxylic acids is 1. The number of nitrogens with zero attached hydrogens (tertiary/aromatic N) is 1. The Morgan fingerprint density at radius 3 is 2.91 bits per heavy atom. The van der Waals surface area contributed by atoms with Crippen LogP contribution in [-0.2, 0) is 9.53 Å². The fourth-order valence-electron chi connectivity index (χ4n) is 2.43. The average Bonchev–Trinajstić information content (AvgIpc) is 2.47. The van der Waals surface area contributed by atoms with Gasteiger partial charge in [-0.1, -0.05) is 17.7 Å². The van der Waals surface area contributed by atoms with Crippen molar-refractivity contribution in [1.29, 1.82) is 0 Å². The molecule has 1 atom stereocenters. The molecule has 1 unspecified atom stereocenters. The molecule has 0 spiro atoms. The second-order valence-electron chi connectivity index (χ2n) is 5.18. The van der Waals surface area contributed by atoms with Crippen LogP contribution < -0.4 is 0 Å². The smallest absolute Gasteiger partial charge is 0.303 e. The number of hydrogen-bond donors (Lipinski definition) is 1. The van der Waals surface area contributed by atoms with Gasteiger partial charge in [0.2, 0.25) is 0 Å². The van der Waals surface area contributed by atoms with E-state index in [1.54, 1.807) is 12.1 Å². The molecule has 1 fully saturated rings. The summed E-state index contributed by atoms with van der Waals surface area (Å²) in [6.45, 7) is 3.01. The molecule has 4 nitrogen and oxygen atoms in total. The third kappa shape index (κ3) is 5.72. The number of halogens is 3. The second-order valence-corrected chi connectivity index (χ2v) is 5.59. The van der Waals surface area contributed by atoms with Crippen LogP contribution in [0.3, 0.4) is 0 Å². The van der Waals surface area contributed by atoms with Gasteiger partial charge in [-0.05, 0) is 37.1 Å². The topological polar surface area (TPSA) is 49.8 Å². The third-order valence-corrected chi connectivity index (χ3v) is 3.87. The molecular formula is C15H20Cl2FNO3. The molecular weight excluding hydrogens is 332 g/mol. The lowest BCUT2D eigenvalue weighted by Gasteiger charge is -2.33. The van der Waals surface area contributed by atoms with Crippen molar-refractivity contribution in [2.75, 3.05) is 26.2 Å². The third-order valence-electron chi connectivity index (χ3n) is 3.58. The van der Waals surface area contributed by atoms with Gasteiger partial charge in [-0.3, -0.25) is 9.69 Å². The highest BCUT2D eigenvalue weighted by atomic mass is 35.5. The van der Waals surface area contributed by atoms with Crippen molar-refractivity contribution in [2.45, 2.75) is 25.4 Å². The number of carbonyl (C=O) groups is 1. The lowest BCUT2D eigenvalue weighted by atomic mass is 10.1. The van der Waals surface area contributed by atoms with E-state index < -0.39 is 11.8 Å². The Morgan fingerprint density at radius 2 is 2.23 bits per heavy atom. The van der Waals surface area contributed by atoms with Gasteiger partial charge in [0.25, 0.3) is 0 Å². The minimum atomic E-state index is -0.754. The van der Waals surface area contributed by atoms with Crippen molar-refractivity contribution in [3.05, 3.63) is 34.6 Å². The molecule has 2 rings (SSSR count). The van der Waals surface area contributed by atoms with E-state index in [0.717, 1.165) is 31.6 Å². The highest BCUT2D eigenvalue weighted by molar-refractivity contribution is 6.30. The highest BCUT2D eigenvalue weighted by Gasteiger charge is 2.22. The quantitative estimate of drug-likeness (QED) is 0.796. The van der Waals surface area contributed by atoms with E-state index in [2.05, 4.69) is 4.90 Å². The number of carboxylic acid groups (broad SMARTS) is 1. The molecule has 1 aliphatic rings. The first-order valence-corrected chi connectivity index (χ1v) is 7.45. The summed E-state index contributed by atoms with van der Waals surface area (Å²) in [6.07, 6.45) is 1.63. The zero-order valence-corrected chi connectivity index (χ0v) is 13.7. The minimum absolute atomic E-state index is 0. The summed E-state index contributed by atoms with van der Waals surface area (Å²) >= 11 is 5.80. The molecule has 0 amide bonds. The summed E-state index contributed by atoms with van der Waals surface area (Å²) in [7, 11) is 0.